The highest BCUT2D eigenvalue weighted by Gasteiger charge is 2.23. The first kappa shape index (κ1) is 4.50. The second kappa shape index (κ2) is 1.15. The van der Waals surface area contributed by atoms with Crippen LogP contribution in [0.3, 0.4) is 0 Å². The van der Waals surface area contributed by atoms with Gasteiger partial charge in [0.25, 0.3) is 0 Å². The first-order valence-electron chi connectivity index (χ1n) is 2.29. The number of hydrogen-bond donors (Lipinski definition) is 1. The van der Waals surface area contributed by atoms with Gasteiger partial charge in [0.1, 0.15) is 0 Å². The highest BCUT2D eigenvalue weighted by atomic mass is 14.8. The van der Waals surface area contributed by atoms with Gasteiger partial charge in [0.05, 0.1) is 12.0 Å². The van der Waals surface area contributed by atoms with Crippen molar-refractivity contribution in [1.29, 1.82) is 5.41 Å². The van der Waals surface area contributed by atoms with Gasteiger partial charge < -0.3 is 5.41 Å². The van der Waals surface area contributed by atoms with E-state index < -0.39 is 0 Å². The molecule has 0 bridgehead atoms. The average Bonchev–Trinajstić information content (AvgIpc) is 1.61. The maximum atomic E-state index is 6.84. The van der Waals surface area contributed by atoms with Crippen LogP contribution in [0.5, 0.6) is 0 Å². The molecule has 0 spiro atoms. The fourth-order valence-corrected chi connectivity index (χ4v) is 0.462. The molecule has 1 heterocycles. The van der Waals surface area contributed by atoms with Crippen LogP contribution in [0.2, 0.25) is 0 Å². The Labute approximate surface area is 42.8 Å². The standard InChI is InChI=1S/C5H8N2/c1-5(2-6)3-7-4-5/h2-3,6H,4H2,1H3. The first-order chi connectivity index (χ1) is 3.27. The van der Waals surface area contributed by atoms with Gasteiger partial charge in [0, 0.05) is 12.4 Å². The lowest BCUT2D eigenvalue weighted by Gasteiger charge is -2.23. The van der Waals surface area contributed by atoms with E-state index in [1.807, 2.05) is 6.92 Å². The van der Waals surface area contributed by atoms with Crippen LogP contribution in [-0.2, 0) is 0 Å². The zero-order chi connectivity index (χ0) is 5.33. The molecule has 0 saturated heterocycles. The van der Waals surface area contributed by atoms with E-state index in [-0.39, 0.29) is 5.41 Å². The lowest BCUT2D eigenvalue weighted by Crippen LogP contribution is -2.31. The van der Waals surface area contributed by atoms with Crippen LogP contribution in [0.4, 0.5) is 0 Å². The molecular weight excluding hydrogens is 88.1 g/mol. The SMILES string of the molecule is CC1(C=N)C=NC1. The van der Waals surface area contributed by atoms with E-state index in [0.29, 0.717) is 0 Å². The summed E-state index contributed by atoms with van der Waals surface area (Å²) in [6.07, 6.45) is 3.24. The molecule has 0 aromatic carbocycles. The second-order valence-electron chi connectivity index (χ2n) is 2.12. The van der Waals surface area contributed by atoms with Gasteiger partial charge in [-0.15, -0.1) is 0 Å². The van der Waals surface area contributed by atoms with Crippen molar-refractivity contribution in [2.75, 3.05) is 6.54 Å². The van der Waals surface area contributed by atoms with Crippen LogP contribution in [0, 0.1) is 10.8 Å². The van der Waals surface area contributed by atoms with Gasteiger partial charge in [0.2, 0.25) is 0 Å². The van der Waals surface area contributed by atoms with Crippen molar-refractivity contribution in [2.45, 2.75) is 6.92 Å². The first-order valence-corrected chi connectivity index (χ1v) is 2.29. The molecule has 0 saturated carbocycles. The van der Waals surface area contributed by atoms with Crippen molar-refractivity contribution in [3.63, 3.8) is 0 Å². The van der Waals surface area contributed by atoms with Crippen molar-refractivity contribution in [2.24, 2.45) is 10.4 Å². The zero-order valence-electron chi connectivity index (χ0n) is 4.31. The molecule has 0 fully saturated rings. The normalized spacial score (nSPS) is 37.3. The van der Waals surface area contributed by atoms with Crippen LogP contribution in [0.15, 0.2) is 4.99 Å². The quantitative estimate of drug-likeness (QED) is 0.467. The molecule has 1 aliphatic heterocycles. The molecule has 1 N–H and O–H groups in total. The van der Waals surface area contributed by atoms with E-state index in [1.165, 1.54) is 6.21 Å². The molecular formula is C5H8N2. The van der Waals surface area contributed by atoms with E-state index in [9.17, 15) is 0 Å². The Kier molecular flexibility index (Phi) is 0.741. The lowest BCUT2D eigenvalue weighted by molar-refractivity contribution is 0.625. The van der Waals surface area contributed by atoms with Gasteiger partial charge in [0.15, 0.2) is 0 Å². The zero-order valence-corrected chi connectivity index (χ0v) is 4.31. The summed E-state index contributed by atoms with van der Waals surface area (Å²) in [4.78, 5) is 3.86. The Morgan fingerprint density at radius 3 is 2.57 bits per heavy atom. The van der Waals surface area contributed by atoms with Crippen LogP contribution < -0.4 is 0 Å². The largest absolute Gasteiger partial charge is 0.312 e. The molecule has 0 radical (unpaired) electrons. The molecule has 0 amide bonds. The summed E-state index contributed by atoms with van der Waals surface area (Å²) in [6, 6.07) is 0. The van der Waals surface area contributed by atoms with Crippen molar-refractivity contribution < 1.29 is 0 Å². The Bertz CT molecular complexity index is 117. The van der Waals surface area contributed by atoms with Crippen molar-refractivity contribution >= 4 is 12.4 Å². The van der Waals surface area contributed by atoms with E-state index in [1.54, 1.807) is 6.21 Å². The van der Waals surface area contributed by atoms with Crippen LogP contribution >= 0.6 is 0 Å². The van der Waals surface area contributed by atoms with E-state index in [2.05, 4.69) is 4.99 Å². The van der Waals surface area contributed by atoms with E-state index in [4.69, 9.17) is 5.41 Å². The van der Waals surface area contributed by atoms with Crippen molar-refractivity contribution in [1.82, 2.24) is 0 Å². The maximum Gasteiger partial charge on any atom is 0.0564 e. The topological polar surface area (TPSA) is 36.2 Å². The molecule has 1 unspecified atom stereocenters. The summed E-state index contributed by atoms with van der Waals surface area (Å²) in [6.45, 7) is 2.80. The van der Waals surface area contributed by atoms with Gasteiger partial charge in [-0.05, 0) is 6.92 Å². The molecule has 2 nitrogen and oxygen atoms in total. The van der Waals surface area contributed by atoms with Crippen molar-refractivity contribution in [3.8, 4) is 0 Å². The average molecular weight is 96.1 g/mol. The van der Waals surface area contributed by atoms with Gasteiger partial charge in [-0.1, -0.05) is 0 Å². The lowest BCUT2D eigenvalue weighted by atomic mass is 9.90. The summed E-state index contributed by atoms with van der Waals surface area (Å²) in [7, 11) is 0. The number of hydrogen-bond acceptors (Lipinski definition) is 2. The molecule has 1 atom stereocenters. The third-order valence-electron chi connectivity index (χ3n) is 1.15. The summed E-state index contributed by atoms with van der Waals surface area (Å²) in [5, 5.41) is 6.84. The fraction of sp³-hybridized carbons (Fsp3) is 0.600. The van der Waals surface area contributed by atoms with E-state index >= 15 is 0 Å². The van der Waals surface area contributed by atoms with Gasteiger partial charge in [-0.3, -0.25) is 4.99 Å². The summed E-state index contributed by atoms with van der Waals surface area (Å²) in [5.74, 6) is 0. The minimum Gasteiger partial charge on any atom is -0.312 e. The minimum atomic E-state index is 0.0139. The highest BCUT2D eigenvalue weighted by molar-refractivity contribution is 5.91. The molecule has 0 aromatic rings. The summed E-state index contributed by atoms with van der Waals surface area (Å²) in [5.41, 5.74) is 0.0139. The monoisotopic (exact) mass is 96.1 g/mol. The second-order valence-corrected chi connectivity index (χ2v) is 2.12. The number of nitrogens with one attached hydrogen (secondary N) is 1. The number of aliphatic imine (C=N–C) groups is 1. The fourth-order valence-electron chi connectivity index (χ4n) is 0.462. The smallest absolute Gasteiger partial charge is 0.0564 e. The molecule has 2 heteroatoms. The minimum absolute atomic E-state index is 0.0139. The van der Waals surface area contributed by atoms with Gasteiger partial charge >= 0.3 is 0 Å². The molecule has 0 aliphatic carbocycles. The number of nitrogens with zero attached hydrogens (tertiary/aromatic N) is 1. The predicted octanol–water partition coefficient (Wildman–Crippen LogP) is 0.727. The Morgan fingerprint density at radius 1 is 2.00 bits per heavy atom. The maximum absolute atomic E-state index is 6.84. The van der Waals surface area contributed by atoms with E-state index in [0.717, 1.165) is 6.54 Å². The van der Waals surface area contributed by atoms with Crippen LogP contribution in [-0.4, -0.2) is 19.0 Å². The molecule has 7 heavy (non-hydrogen) atoms. The van der Waals surface area contributed by atoms with Crippen LogP contribution in [0.25, 0.3) is 0 Å². The Hall–Kier alpha value is -0.660. The molecule has 0 aromatic heterocycles. The van der Waals surface area contributed by atoms with Gasteiger partial charge in [-0.2, -0.15) is 0 Å². The van der Waals surface area contributed by atoms with Crippen LogP contribution in [0.1, 0.15) is 6.92 Å². The third kappa shape index (κ3) is 0.557. The number of rotatable bonds is 1. The Balaban J connectivity index is 2.64. The van der Waals surface area contributed by atoms with Crippen molar-refractivity contribution in [3.05, 3.63) is 0 Å². The summed E-state index contributed by atoms with van der Waals surface area (Å²) >= 11 is 0. The van der Waals surface area contributed by atoms with Gasteiger partial charge in [-0.25, -0.2) is 0 Å². The highest BCUT2D eigenvalue weighted by Crippen LogP contribution is 2.16. The summed E-state index contributed by atoms with van der Waals surface area (Å²) < 4.78 is 0. The third-order valence-corrected chi connectivity index (χ3v) is 1.15. The Morgan fingerprint density at radius 2 is 2.57 bits per heavy atom. The molecule has 1 rings (SSSR count). The predicted molar refractivity (Wildman–Crippen MR) is 30.2 cm³/mol. The molecule has 1 aliphatic rings. The molecule has 38 valence electrons.